The maximum atomic E-state index is 2.52. The monoisotopic (exact) mass is 814 g/mol. The van der Waals surface area contributed by atoms with E-state index in [1.807, 2.05) is 0 Å². The van der Waals surface area contributed by atoms with Crippen molar-refractivity contribution in [1.82, 2.24) is 18.3 Å². The van der Waals surface area contributed by atoms with Crippen molar-refractivity contribution in [1.29, 1.82) is 0 Å². The first-order valence-electron chi connectivity index (χ1n) is 22.0. The third kappa shape index (κ3) is 4.82. The van der Waals surface area contributed by atoms with Gasteiger partial charge in [0.2, 0.25) is 0 Å². The van der Waals surface area contributed by atoms with Crippen LogP contribution in [0, 0.1) is 0 Å². The molecule has 0 aliphatic heterocycles. The Morgan fingerprint density at radius 2 is 0.562 bits per heavy atom. The minimum atomic E-state index is 1.12. The third-order valence-electron chi connectivity index (χ3n) is 13.5. The molecule has 14 aromatic rings. The van der Waals surface area contributed by atoms with Gasteiger partial charge in [0.15, 0.2) is 0 Å². The lowest BCUT2D eigenvalue weighted by Gasteiger charge is -2.17. The van der Waals surface area contributed by atoms with E-state index in [1.54, 1.807) is 0 Å². The van der Waals surface area contributed by atoms with Crippen LogP contribution >= 0.6 is 0 Å². The van der Waals surface area contributed by atoms with E-state index in [1.165, 1.54) is 87.2 Å². The summed E-state index contributed by atoms with van der Waals surface area (Å²) in [5.74, 6) is 0. The Hall–Kier alpha value is -8.60. The summed E-state index contributed by atoms with van der Waals surface area (Å²) in [6.07, 6.45) is 0. The number of para-hydroxylation sites is 7. The number of fused-ring (bicyclic) bond motifs is 14. The normalized spacial score (nSPS) is 12.1. The molecule has 14 rings (SSSR count). The molecule has 64 heavy (non-hydrogen) atoms. The lowest BCUT2D eigenvalue weighted by molar-refractivity contribution is 1.14. The zero-order chi connectivity index (χ0) is 41.9. The summed E-state index contributed by atoms with van der Waals surface area (Å²) in [6.45, 7) is 0. The van der Waals surface area contributed by atoms with Crippen LogP contribution in [0.15, 0.2) is 231 Å². The molecule has 0 radical (unpaired) electrons. The largest absolute Gasteiger partial charge is 0.307 e. The molecule has 0 atom stereocenters. The van der Waals surface area contributed by atoms with Crippen LogP contribution in [0.3, 0.4) is 0 Å². The third-order valence-corrected chi connectivity index (χ3v) is 13.5. The Morgan fingerprint density at radius 1 is 0.219 bits per heavy atom. The van der Waals surface area contributed by atoms with Gasteiger partial charge in [-0.2, -0.15) is 0 Å². The number of aromatic nitrogens is 4. The van der Waals surface area contributed by atoms with E-state index in [2.05, 4.69) is 249 Å². The Kier molecular flexibility index (Phi) is 7.36. The van der Waals surface area contributed by atoms with Crippen molar-refractivity contribution < 1.29 is 0 Å². The standard InChI is InChI=1S/C60H38N4/c1-3-19-40(20-4-1)61-53-30-13-8-25-44(53)48-34-35-49-46-27-10-15-32-55(46)63(58(49)57(48)61)42-23-17-18-39(38-42)43-24-7-12-29-52(43)64-56-33-16-11-28-47(56)51-37-36-50-45-26-9-14-31-54(45)62(59(50)60(51)64)41-21-5-2-6-22-41/h1-38H. The SMILES string of the molecule is c1ccc(-n2c3ccccc3c3ccc4c5ccccc5n(-c5cccc(-c6ccccc6-n6c7ccccc7c7ccc8c9ccccc9n(-c9ccccc9)c8c76)c5)c4c32)cc1. The number of hydrogen-bond acceptors (Lipinski definition) is 0. The van der Waals surface area contributed by atoms with Crippen LogP contribution in [0.5, 0.6) is 0 Å². The highest BCUT2D eigenvalue weighted by Crippen LogP contribution is 2.45. The predicted molar refractivity (Wildman–Crippen MR) is 269 cm³/mol. The van der Waals surface area contributed by atoms with Gasteiger partial charge in [-0.3, -0.25) is 0 Å². The molecule has 0 aliphatic carbocycles. The fraction of sp³-hybridized carbons (Fsp3) is 0. The number of rotatable bonds is 5. The molecule has 0 unspecified atom stereocenters. The van der Waals surface area contributed by atoms with Gasteiger partial charge < -0.3 is 18.3 Å². The molecule has 0 amide bonds. The van der Waals surface area contributed by atoms with Crippen molar-refractivity contribution in [3.63, 3.8) is 0 Å². The van der Waals surface area contributed by atoms with E-state index in [-0.39, 0.29) is 0 Å². The van der Waals surface area contributed by atoms with Crippen molar-refractivity contribution in [3.8, 4) is 33.9 Å². The molecule has 0 N–H and O–H groups in total. The second-order valence-electron chi connectivity index (χ2n) is 16.9. The predicted octanol–water partition coefficient (Wildman–Crippen LogP) is 15.7. The topological polar surface area (TPSA) is 19.7 Å². The van der Waals surface area contributed by atoms with E-state index in [0.29, 0.717) is 0 Å². The van der Waals surface area contributed by atoms with Crippen LogP contribution < -0.4 is 0 Å². The quantitative estimate of drug-likeness (QED) is 0.165. The van der Waals surface area contributed by atoms with Crippen LogP contribution in [0.2, 0.25) is 0 Å². The molecule has 10 aromatic carbocycles. The van der Waals surface area contributed by atoms with Crippen LogP contribution in [0.4, 0.5) is 0 Å². The Bertz CT molecular complexity index is 4180. The van der Waals surface area contributed by atoms with Crippen molar-refractivity contribution in [2.45, 2.75) is 0 Å². The summed E-state index contributed by atoms with van der Waals surface area (Å²) in [6, 6.07) is 84.4. The first-order chi connectivity index (χ1) is 31.8. The van der Waals surface area contributed by atoms with Gasteiger partial charge in [-0.05, 0) is 72.3 Å². The Morgan fingerprint density at radius 3 is 1.03 bits per heavy atom. The summed E-state index contributed by atoms with van der Waals surface area (Å²) < 4.78 is 9.94. The molecular formula is C60H38N4. The Labute approximate surface area is 368 Å². The Balaban J connectivity index is 1.07. The molecule has 4 heterocycles. The summed E-state index contributed by atoms with van der Waals surface area (Å²) in [5, 5.41) is 9.90. The summed E-state index contributed by atoms with van der Waals surface area (Å²) in [4.78, 5) is 0. The summed E-state index contributed by atoms with van der Waals surface area (Å²) in [5.41, 5.74) is 16.4. The summed E-state index contributed by atoms with van der Waals surface area (Å²) in [7, 11) is 0. The van der Waals surface area contributed by atoms with Gasteiger partial charge in [0.25, 0.3) is 0 Å². The van der Waals surface area contributed by atoms with Crippen LogP contribution in [-0.4, -0.2) is 18.3 Å². The highest BCUT2D eigenvalue weighted by molar-refractivity contribution is 6.25. The molecule has 4 nitrogen and oxygen atoms in total. The summed E-state index contributed by atoms with van der Waals surface area (Å²) >= 11 is 0. The smallest absolute Gasteiger partial charge is 0.0789 e. The molecular weight excluding hydrogens is 777 g/mol. The van der Waals surface area contributed by atoms with E-state index >= 15 is 0 Å². The van der Waals surface area contributed by atoms with Gasteiger partial charge >= 0.3 is 0 Å². The maximum absolute atomic E-state index is 2.52. The lowest BCUT2D eigenvalue weighted by atomic mass is 10.0. The van der Waals surface area contributed by atoms with Gasteiger partial charge in [-0.1, -0.05) is 164 Å². The fourth-order valence-electron chi connectivity index (χ4n) is 10.9. The molecule has 298 valence electrons. The molecule has 4 heteroatoms. The van der Waals surface area contributed by atoms with Crippen molar-refractivity contribution in [3.05, 3.63) is 231 Å². The van der Waals surface area contributed by atoms with Crippen molar-refractivity contribution in [2.75, 3.05) is 0 Å². The van der Waals surface area contributed by atoms with Crippen LogP contribution in [0.1, 0.15) is 0 Å². The van der Waals surface area contributed by atoms with E-state index < -0.39 is 0 Å². The lowest BCUT2D eigenvalue weighted by Crippen LogP contribution is -2.01. The zero-order valence-corrected chi connectivity index (χ0v) is 34.7. The second-order valence-corrected chi connectivity index (χ2v) is 16.9. The van der Waals surface area contributed by atoms with Gasteiger partial charge in [0.05, 0.1) is 49.8 Å². The fourth-order valence-corrected chi connectivity index (χ4v) is 10.9. The molecule has 0 spiro atoms. The molecule has 4 aromatic heterocycles. The molecule has 0 aliphatic rings. The van der Waals surface area contributed by atoms with Gasteiger partial charge in [0, 0.05) is 65.7 Å². The molecule has 0 saturated heterocycles. The van der Waals surface area contributed by atoms with Gasteiger partial charge in [0.1, 0.15) is 0 Å². The van der Waals surface area contributed by atoms with Gasteiger partial charge in [-0.15, -0.1) is 0 Å². The van der Waals surface area contributed by atoms with Crippen molar-refractivity contribution in [2.24, 2.45) is 0 Å². The van der Waals surface area contributed by atoms with Crippen molar-refractivity contribution >= 4 is 87.2 Å². The highest BCUT2D eigenvalue weighted by Gasteiger charge is 2.24. The molecule has 0 bridgehead atoms. The highest BCUT2D eigenvalue weighted by atomic mass is 15.1. The van der Waals surface area contributed by atoms with E-state index in [0.717, 1.165) is 33.9 Å². The van der Waals surface area contributed by atoms with E-state index in [4.69, 9.17) is 0 Å². The first kappa shape index (κ1) is 35.0. The average molecular weight is 815 g/mol. The minimum absolute atomic E-state index is 1.12. The zero-order valence-electron chi connectivity index (χ0n) is 34.7. The average Bonchev–Trinajstić information content (AvgIpc) is 4.10. The molecule has 0 saturated carbocycles. The second kappa shape index (κ2) is 13.4. The number of nitrogens with zero attached hydrogens (tertiary/aromatic N) is 4. The van der Waals surface area contributed by atoms with E-state index in [9.17, 15) is 0 Å². The minimum Gasteiger partial charge on any atom is -0.307 e. The number of benzene rings is 10. The van der Waals surface area contributed by atoms with Gasteiger partial charge in [-0.25, -0.2) is 0 Å². The molecule has 0 fully saturated rings. The van der Waals surface area contributed by atoms with Crippen LogP contribution in [-0.2, 0) is 0 Å². The maximum Gasteiger partial charge on any atom is 0.0789 e. The number of hydrogen-bond donors (Lipinski definition) is 0. The van der Waals surface area contributed by atoms with Crippen LogP contribution in [0.25, 0.3) is 121 Å². The first-order valence-corrected chi connectivity index (χ1v) is 22.0.